The van der Waals surface area contributed by atoms with Gasteiger partial charge >= 0.3 is 0 Å². The molecule has 0 bridgehead atoms. The molecule has 3 aromatic rings. The van der Waals surface area contributed by atoms with Gasteiger partial charge in [-0.15, -0.1) is 0 Å². The molecule has 1 fully saturated rings. The van der Waals surface area contributed by atoms with Gasteiger partial charge in [-0.25, -0.2) is 4.98 Å². The van der Waals surface area contributed by atoms with Crippen molar-refractivity contribution in [3.63, 3.8) is 0 Å². The second-order valence-corrected chi connectivity index (χ2v) is 6.83. The van der Waals surface area contributed by atoms with Crippen molar-refractivity contribution in [2.24, 2.45) is 0 Å². The zero-order valence-electron chi connectivity index (χ0n) is 15.3. The van der Waals surface area contributed by atoms with Crippen LogP contribution in [0, 0.1) is 0 Å². The first-order valence-corrected chi connectivity index (χ1v) is 9.58. The van der Waals surface area contributed by atoms with Gasteiger partial charge in [-0.05, 0) is 37.1 Å². The van der Waals surface area contributed by atoms with E-state index in [4.69, 9.17) is 4.98 Å². The van der Waals surface area contributed by atoms with Crippen molar-refractivity contribution in [1.29, 1.82) is 0 Å². The maximum atomic E-state index is 4.71. The molecule has 0 spiro atoms. The second kappa shape index (κ2) is 8.58. The molecule has 3 heterocycles. The van der Waals surface area contributed by atoms with E-state index in [1.54, 1.807) is 12.4 Å². The van der Waals surface area contributed by atoms with Gasteiger partial charge in [0.2, 0.25) is 5.95 Å². The van der Waals surface area contributed by atoms with Crippen molar-refractivity contribution in [3.8, 4) is 11.4 Å². The smallest absolute Gasteiger partial charge is 0.225 e. The van der Waals surface area contributed by atoms with E-state index in [9.17, 15) is 0 Å². The van der Waals surface area contributed by atoms with Crippen molar-refractivity contribution < 1.29 is 0 Å². The second-order valence-electron chi connectivity index (χ2n) is 6.83. The molecule has 0 amide bonds. The van der Waals surface area contributed by atoms with E-state index in [1.165, 1.54) is 32.1 Å². The first-order valence-electron chi connectivity index (χ1n) is 9.58. The van der Waals surface area contributed by atoms with Gasteiger partial charge in [-0.1, -0.05) is 31.4 Å². The summed E-state index contributed by atoms with van der Waals surface area (Å²) in [5.41, 5.74) is 2.62. The molecule has 4 rings (SSSR count). The van der Waals surface area contributed by atoms with Crippen molar-refractivity contribution in [1.82, 2.24) is 19.9 Å². The van der Waals surface area contributed by atoms with E-state index in [0.717, 1.165) is 22.9 Å². The lowest BCUT2D eigenvalue weighted by Gasteiger charge is -2.23. The van der Waals surface area contributed by atoms with Gasteiger partial charge in [0.25, 0.3) is 0 Å². The predicted octanol–water partition coefficient (Wildman–Crippen LogP) is 4.29. The molecule has 3 aromatic heterocycles. The molecule has 27 heavy (non-hydrogen) atoms. The van der Waals surface area contributed by atoms with E-state index in [2.05, 4.69) is 25.6 Å². The third kappa shape index (κ3) is 4.78. The fraction of sp³-hybridized carbons (Fsp3) is 0.333. The largest absolute Gasteiger partial charge is 0.364 e. The Kier molecular flexibility index (Phi) is 5.53. The quantitative estimate of drug-likeness (QED) is 0.683. The summed E-state index contributed by atoms with van der Waals surface area (Å²) in [7, 11) is 0. The van der Waals surface area contributed by atoms with Gasteiger partial charge in [-0.3, -0.25) is 9.97 Å². The minimum absolute atomic E-state index is 0.446. The molecule has 0 radical (unpaired) electrons. The molecule has 1 saturated carbocycles. The van der Waals surface area contributed by atoms with Gasteiger partial charge in [-0.2, -0.15) is 4.98 Å². The van der Waals surface area contributed by atoms with Crippen LogP contribution in [-0.2, 0) is 6.54 Å². The van der Waals surface area contributed by atoms with E-state index in [1.807, 2.05) is 42.5 Å². The van der Waals surface area contributed by atoms with E-state index in [0.29, 0.717) is 18.5 Å². The fourth-order valence-electron chi connectivity index (χ4n) is 3.36. The van der Waals surface area contributed by atoms with Gasteiger partial charge in [0.15, 0.2) is 0 Å². The van der Waals surface area contributed by atoms with Gasteiger partial charge < -0.3 is 10.6 Å². The lowest BCUT2D eigenvalue weighted by molar-refractivity contribution is 0.461. The molecule has 6 heteroatoms. The van der Waals surface area contributed by atoms with E-state index in [-0.39, 0.29) is 0 Å². The number of aromatic nitrogens is 4. The summed E-state index contributed by atoms with van der Waals surface area (Å²) in [5.74, 6) is 1.43. The Morgan fingerprint density at radius 1 is 0.852 bits per heavy atom. The molecule has 0 unspecified atom stereocenters. The van der Waals surface area contributed by atoms with Crippen LogP contribution in [0.3, 0.4) is 0 Å². The van der Waals surface area contributed by atoms with Crippen molar-refractivity contribution in [3.05, 3.63) is 60.6 Å². The van der Waals surface area contributed by atoms with Gasteiger partial charge in [0.05, 0.1) is 23.6 Å². The van der Waals surface area contributed by atoms with Crippen LogP contribution in [0.2, 0.25) is 0 Å². The highest BCUT2D eigenvalue weighted by molar-refractivity contribution is 5.61. The van der Waals surface area contributed by atoms with Crippen LogP contribution in [0.5, 0.6) is 0 Å². The highest BCUT2D eigenvalue weighted by Crippen LogP contribution is 2.23. The molecule has 1 aliphatic rings. The number of hydrogen-bond donors (Lipinski definition) is 2. The Morgan fingerprint density at radius 3 is 2.41 bits per heavy atom. The number of nitrogens with one attached hydrogen (secondary N) is 2. The maximum Gasteiger partial charge on any atom is 0.225 e. The van der Waals surface area contributed by atoms with Crippen molar-refractivity contribution in [2.75, 3.05) is 10.6 Å². The zero-order chi connectivity index (χ0) is 18.3. The number of anilines is 2. The highest BCUT2D eigenvalue weighted by atomic mass is 15.2. The van der Waals surface area contributed by atoms with Crippen LogP contribution < -0.4 is 10.6 Å². The van der Waals surface area contributed by atoms with E-state index < -0.39 is 0 Å². The number of nitrogens with zero attached hydrogens (tertiary/aromatic N) is 4. The zero-order valence-corrected chi connectivity index (χ0v) is 15.3. The predicted molar refractivity (Wildman–Crippen MR) is 107 cm³/mol. The molecular weight excluding hydrogens is 336 g/mol. The number of hydrogen-bond acceptors (Lipinski definition) is 6. The Morgan fingerprint density at radius 2 is 1.67 bits per heavy atom. The van der Waals surface area contributed by atoms with Gasteiger partial charge in [0, 0.05) is 24.5 Å². The molecule has 138 valence electrons. The normalized spacial score (nSPS) is 14.7. The first kappa shape index (κ1) is 17.4. The number of pyridine rings is 2. The summed E-state index contributed by atoms with van der Waals surface area (Å²) < 4.78 is 0. The van der Waals surface area contributed by atoms with Crippen LogP contribution in [-0.4, -0.2) is 26.0 Å². The summed E-state index contributed by atoms with van der Waals surface area (Å²) in [5, 5.41) is 6.89. The third-order valence-electron chi connectivity index (χ3n) is 4.77. The molecule has 0 saturated heterocycles. The monoisotopic (exact) mass is 360 g/mol. The molecule has 6 nitrogen and oxygen atoms in total. The Hall–Kier alpha value is -3.02. The minimum Gasteiger partial charge on any atom is -0.364 e. The summed E-state index contributed by atoms with van der Waals surface area (Å²) in [6, 6.07) is 14.1. The molecule has 2 N–H and O–H groups in total. The topological polar surface area (TPSA) is 75.6 Å². The summed E-state index contributed by atoms with van der Waals surface area (Å²) in [6.07, 6.45) is 9.79. The van der Waals surface area contributed by atoms with E-state index >= 15 is 0 Å². The third-order valence-corrected chi connectivity index (χ3v) is 4.77. The Bertz CT molecular complexity index is 847. The van der Waals surface area contributed by atoms with Gasteiger partial charge in [0.1, 0.15) is 5.82 Å². The highest BCUT2D eigenvalue weighted by Gasteiger charge is 2.15. The van der Waals surface area contributed by atoms with Crippen LogP contribution in [0.1, 0.15) is 37.8 Å². The maximum absolute atomic E-state index is 4.71. The average molecular weight is 360 g/mol. The van der Waals surface area contributed by atoms with Crippen LogP contribution in [0.25, 0.3) is 11.4 Å². The summed E-state index contributed by atoms with van der Waals surface area (Å²) in [4.78, 5) is 18.2. The summed E-state index contributed by atoms with van der Waals surface area (Å²) in [6.45, 7) is 0.613. The number of rotatable bonds is 6. The van der Waals surface area contributed by atoms with Crippen LogP contribution >= 0.6 is 0 Å². The standard InChI is InChI=1S/C21H24N6/c1-2-8-16(9-3-1)25-21-26-19(18-11-5-7-13-23-18)14-20(27-21)24-15-17-10-4-6-12-22-17/h4-7,10-14,16H,1-3,8-9,15H2,(H2,24,25,26,27). The SMILES string of the molecule is c1ccc(CNc2cc(-c3ccccn3)nc(NC3CCCCC3)n2)nc1. The first-order chi connectivity index (χ1) is 13.4. The van der Waals surface area contributed by atoms with Crippen LogP contribution in [0.15, 0.2) is 54.9 Å². The molecular formula is C21H24N6. The summed E-state index contributed by atoms with van der Waals surface area (Å²) >= 11 is 0. The molecule has 1 aliphatic carbocycles. The molecule has 0 aliphatic heterocycles. The minimum atomic E-state index is 0.446. The van der Waals surface area contributed by atoms with Crippen molar-refractivity contribution in [2.45, 2.75) is 44.7 Å². The Labute approximate surface area is 159 Å². The van der Waals surface area contributed by atoms with Crippen molar-refractivity contribution >= 4 is 11.8 Å². The molecule has 0 atom stereocenters. The fourth-order valence-corrected chi connectivity index (χ4v) is 3.36. The molecule has 0 aromatic carbocycles. The average Bonchev–Trinajstić information content (AvgIpc) is 2.74. The van der Waals surface area contributed by atoms with Crippen LogP contribution in [0.4, 0.5) is 11.8 Å². The lowest BCUT2D eigenvalue weighted by atomic mass is 9.96. The Balaban J connectivity index is 1.57. The lowest BCUT2D eigenvalue weighted by Crippen LogP contribution is -2.23.